The van der Waals surface area contributed by atoms with Gasteiger partial charge in [0.25, 0.3) is 0 Å². The van der Waals surface area contributed by atoms with Gasteiger partial charge in [0.1, 0.15) is 11.2 Å². The van der Waals surface area contributed by atoms with Crippen molar-refractivity contribution in [1.82, 2.24) is 4.57 Å². The molecule has 2 aliphatic rings. The van der Waals surface area contributed by atoms with Crippen LogP contribution in [0, 0.1) is 0 Å². The van der Waals surface area contributed by atoms with Gasteiger partial charge in [-0.15, -0.1) is 0 Å². The molecule has 0 saturated carbocycles. The minimum atomic E-state index is -0.702. The van der Waals surface area contributed by atoms with Gasteiger partial charge in [0.05, 0.1) is 27.5 Å². The van der Waals surface area contributed by atoms with E-state index in [0.29, 0.717) is 0 Å². The molecule has 1 atom stereocenters. The summed E-state index contributed by atoms with van der Waals surface area (Å²) in [5.74, 6) is 0. The number of benzene rings is 11. The predicted octanol–water partition coefficient (Wildman–Crippen LogP) is 18.0. The van der Waals surface area contributed by atoms with Crippen LogP contribution in [0.2, 0.25) is 0 Å². The Kier molecular flexibility index (Phi) is 8.54. The summed E-state index contributed by atoms with van der Waals surface area (Å²) in [5, 5.41) is 4.53. The molecule has 332 valence electrons. The summed E-state index contributed by atoms with van der Waals surface area (Å²) in [6.07, 6.45) is 0. The Morgan fingerprint density at radius 3 is 1.44 bits per heavy atom. The highest BCUT2D eigenvalue weighted by atomic mass is 16.3. The molecule has 13 aromatic rings. The first kappa shape index (κ1) is 39.6. The number of furan rings is 1. The predicted molar refractivity (Wildman–Crippen MR) is 294 cm³/mol. The highest BCUT2D eigenvalue weighted by molar-refractivity contribution is 6.25. The Bertz CT molecular complexity index is 4140. The lowest BCUT2D eigenvalue weighted by molar-refractivity contribution is 0.673. The van der Waals surface area contributed by atoms with Crippen molar-refractivity contribution in [3.63, 3.8) is 0 Å². The average molecular weight is 906 g/mol. The summed E-state index contributed by atoms with van der Waals surface area (Å²) in [7, 11) is 0. The zero-order valence-electron chi connectivity index (χ0n) is 38.6. The molecule has 1 unspecified atom stereocenters. The van der Waals surface area contributed by atoms with E-state index < -0.39 is 5.41 Å². The number of fused-ring (bicyclic) bond motifs is 18. The second kappa shape index (κ2) is 15.3. The zero-order chi connectivity index (χ0) is 46.6. The quantitative estimate of drug-likeness (QED) is 0.159. The van der Waals surface area contributed by atoms with Crippen LogP contribution in [-0.2, 0) is 5.41 Å². The first-order valence-electron chi connectivity index (χ1n) is 24.4. The summed E-state index contributed by atoms with van der Waals surface area (Å²) in [6, 6.07) is 95.0. The maximum atomic E-state index is 7.53. The van der Waals surface area contributed by atoms with Crippen LogP contribution in [0.4, 0.5) is 34.1 Å². The molecule has 11 aromatic carbocycles. The third kappa shape index (κ3) is 5.56. The highest BCUT2D eigenvalue weighted by Crippen LogP contribution is 2.67. The Morgan fingerprint density at radius 1 is 0.324 bits per heavy atom. The molecule has 71 heavy (non-hydrogen) atoms. The maximum absolute atomic E-state index is 7.53. The molecular formula is C67H43N3O. The molecule has 4 nitrogen and oxygen atoms in total. The summed E-state index contributed by atoms with van der Waals surface area (Å²) in [5.41, 5.74) is 20.7. The van der Waals surface area contributed by atoms with Gasteiger partial charge in [-0.1, -0.05) is 170 Å². The van der Waals surface area contributed by atoms with E-state index in [9.17, 15) is 0 Å². The van der Waals surface area contributed by atoms with E-state index in [1.54, 1.807) is 0 Å². The fraction of sp³-hybridized carbons (Fsp3) is 0.0149. The Morgan fingerprint density at radius 2 is 0.817 bits per heavy atom. The molecule has 2 aromatic heterocycles. The van der Waals surface area contributed by atoms with Crippen molar-refractivity contribution < 1.29 is 4.42 Å². The lowest BCUT2D eigenvalue weighted by atomic mass is 9.70. The SMILES string of the molecule is c1ccc(N(c2ccccc2)c2cc(N(c3ccccc3)c3ccccc3)c3c(c2)C2(c4ccccc4-3)c3ccccc3-c3c2ccc2c3oc3c2ccc2c3c3ccccc3n2-c2ccccc2)cc1. The molecule has 2 aliphatic carbocycles. The van der Waals surface area contributed by atoms with Crippen LogP contribution in [0.25, 0.3) is 71.7 Å². The minimum absolute atomic E-state index is 0.702. The molecule has 4 heteroatoms. The molecule has 2 heterocycles. The van der Waals surface area contributed by atoms with Gasteiger partial charge in [-0.3, -0.25) is 0 Å². The van der Waals surface area contributed by atoms with Crippen molar-refractivity contribution >= 4 is 77.9 Å². The largest absolute Gasteiger partial charge is 0.455 e. The van der Waals surface area contributed by atoms with Crippen LogP contribution >= 0.6 is 0 Å². The molecule has 0 aliphatic heterocycles. The van der Waals surface area contributed by atoms with E-state index in [1.165, 1.54) is 44.3 Å². The first-order valence-corrected chi connectivity index (χ1v) is 24.4. The van der Waals surface area contributed by atoms with Gasteiger partial charge in [0.15, 0.2) is 0 Å². The molecule has 0 N–H and O–H groups in total. The van der Waals surface area contributed by atoms with Crippen LogP contribution in [0.1, 0.15) is 22.3 Å². The van der Waals surface area contributed by atoms with Crippen LogP contribution in [-0.4, -0.2) is 4.57 Å². The van der Waals surface area contributed by atoms with Gasteiger partial charge >= 0.3 is 0 Å². The van der Waals surface area contributed by atoms with Crippen molar-refractivity contribution in [2.24, 2.45) is 0 Å². The van der Waals surface area contributed by atoms with Crippen LogP contribution in [0.3, 0.4) is 0 Å². The molecule has 0 amide bonds. The van der Waals surface area contributed by atoms with Crippen molar-refractivity contribution in [2.75, 3.05) is 9.80 Å². The number of rotatable bonds is 7. The van der Waals surface area contributed by atoms with Gasteiger partial charge in [-0.2, -0.15) is 0 Å². The molecular weight excluding hydrogens is 863 g/mol. The van der Waals surface area contributed by atoms with Crippen LogP contribution in [0.15, 0.2) is 265 Å². The topological polar surface area (TPSA) is 24.6 Å². The summed E-state index contributed by atoms with van der Waals surface area (Å²) < 4.78 is 9.90. The third-order valence-corrected chi connectivity index (χ3v) is 15.1. The second-order valence-corrected chi connectivity index (χ2v) is 18.7. The molecule has 0 fully saturated rings. The molecule has 0 saturated heterocycles. The van der Waals surface area contributed by atoms with Gasteiger partial charge in [-0.25, -0.2) is 0 Å². The van der Waals surface area contributed by atoms with E-state index in [2.05, 4.69) is 275 Å². The number of aromatic nitrogens is 1. The van der Waals surface area contributed by atoms with Crippen molar-refractivity contribution in [3.8, 4) is 27.9 Å². The maximum Gasteiger partial charge on any atom is 0.145 e. The Hall–Kier alpha value is -9.38. The number of nitrogens with zero attached hydrogens (tertiary/aromatic N) is 3. The van der Waals surface area contributed by atoms with E-state index >= 15 is 0 Å². The van der Waals surface area contributed by atoms with Crippen molar-refractivity contribution in [1.29, 1.82) is 0 Å². The normalized spacial score (nSPS) is 14.3. The molecule has 0 radical (unpaired) electrons. The standard InChI is InChI=1S/C67H43N3O/c1-6-22-44(23-7-1)68(45-24-8-2-9-25-45)49-42-58-62(61(43-49)69(46-26-10-3-11-27-46)47-28-12-4-13-29-47)52-32-16-19-35-55(52)67(58)56-36-20-17-33-53(56)63-57(67)40-38-50-51-39-41-60-64(66(51)71-65(50)63)54-34-18-21-37-59(54)70(60)48-30-14-5-15-31-48/h1-43H. The lowest BCUT2D eigenvalue weighted by Gasteiger charge is -2.34. The number of hydrogen-bond acceptors (Lipinski definition) is 3. The molecule has 0 bridgehead atoms. The lowest BCUT2D eigenvalue weighted by Crippen LogP contribution is -2.26. The second-order valence-electron chi connectivity index (χ2n) is 18.7. The minimum Gasteiger partial charge on any atom is -0.455 e. The molecule has 1 spiro atoms. The van der Waals surface area contributed by atoms with E-state index in [0.717, 1.165) is 83.7 Å². The smallest absolute Gasteiger partial charge is 0.145 e. The fourth-order valence-corrected chi connectivity index (χ4v) is 12.4. The Balaban J connectivity index is 1.08. The Labute approximate surface area is 411 Å². The first-order chi connectivity index (χ1) is 35.3. The summed E-state index contributed by atoms with van der Waals surface area (Å²) >= 11 is 0. The van der Waals surface area contributed by atoms with Gasteiger partial charge in [0, 0.05) is 61.4 Å². The number of anilines is 6. The van der Waals surface area contributed by atoms with Crippen molar-refractivity contribution in [3.05, 3.63) is 283 Å². The van der Waals surface area contributed by atoms with E-state index in [-0.39, 0.29) is 0 Å². The van der Waals surface area contributed by atoms with Crippen molar-refractivity contribution in [2.45, 2.75) is 5.41 Å². The third-order valence-electron chi connectivity index (χ3n) is 15.1. The summed E-state index contributed by atoms with van der Waals surface area (Å²) in [4.78, 5) is 4.86. The zero-order valence-corrected chi connectivity index (χ0v) is 38.6. The van der Waals surface area contributed by atoms with Gasteiger partial charge < -0.3 is 18.8 Å². The highest BCUT2D eigenvalue weighted by Gasteiger charge is 2.54. The molecule has 15 rings (SSSR count). The van der Waals surface area contributed by atoms with E-state index in [1.807, 2.05) is 0 Å². The van der Waals surface area contributed by atoms with E-state index in [4.69, 9.17) is 4.42 Å². The van der Waals surface area contributed by atoms with Crippen LogP contribution < -0.4 is 9.80 Å². The number of hydrogen-bond donors (Lipinski definition) is 0. The van der Waals surface area contributed by atoms with Gasteiger partial charge in [0.2, 0.25) is 0 Å². The monoisotopic (exact) mass is 905 g/mol. The fourth-order valence-electron chi connectivity index (χ4n) is 12.4. The number of para-hydroxylation sites is 6. The summed E-state index contributed by atoms with van der Waals surface area (Å²) in [6.45, 7) is 0. The average Bonchev–Trinajstić information content (AvgIpc) is 4.16. The van der Waals surface area contributed by atoms with Crippen LogP contribution in [0.5, 0.6) is 0 Å². The van der Waals surface area contributed by atoms with Gasteiger partial charge in [-0.05, 0) is 124 Å².